The summed E-state index contributed by atoms with van der Waals surface area (Å²) in [5, 5.41) is 0. The number of allylic oxidation sites excluding steroid dienone is 10. The van der Waals surface area contributed by atoms with Crippen LogP contribution in [-0.4, -0.2) is 37.2 Å². The van der Waals surface area contributed by atoms with Crippen LogP contribution in [0, 0.1) is 0 Å². The predicted molar refractivity (Wildman–Crippen MR) is 233 cm³/mol. The lowest BCUT2D eigenvalue weighted by atomic mass is 10.1. The van der Waals surface area contributed by atoms with Crippen molar-refractivity contribution in [2.24, 2.45) is 0 Å². The van der Waals surface area contributed by atoms with Gasteiger partial charge >= 0.3 is 17.9 Å². The number of hydrogen-bond acceptors (Lipinski definition) is 6. The average molecular weight is 769 g/mol. The highest BCUT2D eigenvalue weighted by molar-refractivity contribution is 5.71. The zero-order chi connectivity index (χ0) is 40.1. The minimum absolute atomic E-state index is 0.0900. The first kappa shape index (κ1) is 52.1. The summed E-state index contributed by atoms with van der Waals surface area (Å²) < 4.78 is 16.6. The lowest BCUT2D eigenvalue weighted by molar-refractivity contribution is -0.167. The largest absolute Gasteiger partial charge is 0.462 e. The van der Waals surface area contributed by atoms with Crippen molar-refractivity contribution in [1.82, 2.24) is 0 Å². The first-order valence-corrected chi connectivity index (χ1v) is 22.8. The molecule has 0 saturated heterocycles. The zero-order valence-electron chi connectivity index (χ0n) is 35.9. The van der Waals surface area contributed by atoms with Gasteiger partial charge in [-0.2, -0.15) is 0 Å². The third kappa shape index (κ3) is 42.1. The van der Waals surface area contributed by atoms with E-state index in [0.29, 0.717) is 19.3 Å². The molecule has 0 heterocycles. The number of rotatable bonds is 40. The SMILES string of the molecule is CC/C=C\C/C=C\C/C=C\C/C=C\CCCCC(=O)OCC(COC(=O)CCCCCCCCCCC)OC(=O)CCCCCCC/C=C\CCCCCC. The summed E-state index contributed by atoms with van der Waals surface area (Å²) in [6.07, 6.45) is 52.0. The number of ether oxygens (including phenoxy) is 3. The van der Waals surface area contributed by atoms with Crippen LogP contribution in [0.25, 0.3) is 0 Å². The molecule has 0 aliphatic heterocycles. The van der Waals surface area contributed by atoms with E-state index >= 15 is 0 Å². The second-order valence-corrected chi connectivity index (χ2v) is 14.9. The molecule has 0 rings (SSSR count). The monoisotopic (exact) mass is 769 g/mol. The Bertz CT molecular complexity index is 1020. The van der Waals surface area contributed by atoms with Gasteiger partial charge in [-0.1, -0.05) is 171 Å². The van der Waals surface area contributed by atoms with Crippen LogP contribution < -0.4 is 0 Å². The maximum absolute atomic E-state index is 12.7. The van der Waals surface area contributed by atoms with Gasteiger partial charge in [0.2, 0.25) is 0 Å². The van der Waals surface area contributed by atoms with Crippen LogP contribution in [0.3, 0.4) is 0 Å². The second-order valence-electron chi connectivity index (χ2n) is 14.9. The fourth-order valence-electron chi connectivity index (χ4n) is 6.07. The third-order valence-corrected chi connectivity index (χ3v) is 9.51. The summed E-state index contributed by atoms with van der Waals surface area (Å²) in [4.78, 5) is 37.7. The van der Waals surface area contributed by atoms with Crippen LogP contribution in [0.1, 0.15) is 213 Å². The molecule has 0 aromatic heterocycles. The van der Waals surface area contributed by atoms with Crippen LogP contribution in [0.5, 0.6) is 0 Å². The molecule has 0 aliphatic rings. The maximum Gasteiger partial charge on any atom is 0.306 e. The van der Waals surface area contributed by atoms with E-state index in [-0.39, 0.29) is 31.1 Å². The van der Waals surface area contributed by atoms with E-state index in [1.165, 1.54) is 77.0 Å². The summed E-state index contributed by atoms with van der Waals surface area (Å²) in [6.45, 7) is 6.43. The van der Waals surface area contributed by atoms with Gasteiger partial charge in [-0.15, -0.1) is 0 Å². The Hall–Kier alpha value is -2.89. The lowest BCUT2D eigenvalue weighted by Crippen LogP contribution is -2.30. The van der Waals surface area contributed by atoms with Crippen molar-refractivity contribution >= 4 is 17.9 Å². The molecule has 0 amide bonds. The summed E-state index contributed by atoms with van der Waals surface area (Å²) in [5.41, 5.74) is 0. The van der Waals surface area contributed by atoms with Crippen molar-refractivity contribution < 1.29 is 28.6 Å². The molecule has 0 fully saturated rings. The summed E-state index contributed by atoms with van der Waals surface area (Å²) in [5.74, 6) is -0.948. The molecule has 1 atom stereocenters. The Balaban J connectivity index is 4.44. The lowest BCUT2D eigenvalue weighted by Gasteiger charge is -2.18. The number of carbonyl (C=O) groups excluding carboxylic acids is 3. The van der Waals surface area contributed by atoms with E-state index in [0.717, 1.165) is 96.3 Å². The minimum atomic E-state index is -0.790. The third-order valence-electron chi connectivity index (χ3n) is 9.51. The maximum atomic E-state index is 12.7. The molecule has 0 aliphatic carbocycles. The Morgan fingerprint density at radius 2 is 0.709 bits per heavy atom. The topological polar surface area (TPSA) is 78.9 Å². The van der Waals surface area contributed by atoms with Gasteiger partial charge in [-0.3, -0.25) is 14.4 Å². The van der Waals surface area contributed by atoms with Gasteiger partial charge in [0.05, 0.1) is 0 Å². The highest BCUT2D eigenvalue weighted by Gasteiger charge is 2.19. The molecule has 6 heteroatoms. The fourth-order valence-corrected chi connectivity index (χ4v) is 6.07. The Kier molecular flexibility index (Phi) is 41.5. The van der Waals surface area contributed by atoms with Crippen LogP contribution >= 0.6 is 0 Å². The van der Waals surface area contributed by atoms with Gasteiger partial charge in [-0.05, 0) is 83.5 Å². The molecule has 0 radical (unpaired) electrons. The zero-order valence-corrected chi connectivity index (χ0v) is 35.9. The molecule has 0 bridgehead atoms. The van der Waals surface area contributed by atoms with Crippen molar-refractivity contribution in [3.05, 3.63) is 60.8 Å². The van der Waals surface area contributed by atoms with Gasteiger partial charge in [-0.25, -0.2) is 0 Å². The molecule has 316 valence electrons. The number of unbranched alkanes of at least 4 members (excludes halogenated alkanes) is 19. The molecule has 0 N–H and O–H groups in total. The van der Waals surface area contributed by atoms with Crippen molar-refractivity contribution in [1.29, 1.82) is 0 Å². The Labute approximate surface area is 339 Å². The second kappa shape index (κ2) is 43.8. The quantitative estimate of drug-likeness (QED) is 0.0267. The summed E-state index contributed by atoms with van der Waals surface area (Å²) >= 11 is 0. The van der Waals surface area contributed by atoms with Crippen molar-refractivity contribution in [2.45, 2.75) is 219 Å². The van der Waals surface area contributed by atoms with Gasteiger partial charge in [0.15, 0.2) is 6.10 Å². The van der Waals surface area contributed by atoms with E-state index < -0.39 is 6.10 Å². The first-order valence-electron chi connectivity index (χ1n) is 22.8. The normalized spacial score (nSPS) is 12.6. The van der Waals surface area contributed by atoms with E-state index in [9.17, 15) is 14.4 Å². The molecule has 55 heavy (non-hydrogen) atoms. The van der Waals surface area contributed by atoms with E-state index in [2.05, 4.69) is 81.5 Å². The molecule has 0 aromatic carbocycles. The molecule has 0 spiro atoms. The standard InChI is InChI=1S/C49H84O6/c1-4-7-10-13-16-19-21-23-24-26-27-30-33-36-39-42-48(51)54-45-46(44-53-47(50)41-38-35-32-29-18-15-12-9-6-3)55-49(52)43-40-37-34-31-28-25-22-20-17-14-11-8-5-2/h7,10,16,19-20,22-24,27,30,46H,4-6,8-9,11-15,17-18,21,25-26,28-29,31-45H2,1-3H3/b10-7-,19-16-,22-20-,24-23-,30-27-. The molecular weight excluding hydrogens is 685 g/mol. The molecule has 0 aromatic rings. The molecule has 1 unspecified atom stereocenters. The molecule has 6 nitrogen and oxygen atoms in total. The number of carbonyl (C=O) groups is 3. The Morgan fingerprint density at radius 3 is 1.18 bits per heavy atom. The van der Waals surface area contributed by atoms with Crippen LogP contribution in [-0.2, 0) is 28.6 Å². The van der Waals surface area contributed by atoms with Crippen LogP contribution in [0.2, 0.25) is 0 Å². The van der Waals surface area contributed by atoms with E-state index in [4.69, 9.17) is 14.2 Å². The fraction of sp³-hybridized carbons (Fsp3) is 0.735. The van der Waals surface area contributed by atoms with Gasteiger partial charge in [0, 0.05) is 19.3 Å². The van der Waals surface area contributed by atoms with Crippen molar-refractivity contribution in [3.8, 4) is 0 Å². The van der Waals surface area contributed by atoms with Crippen molar-refractivity contribution in [2.75, 3.05) is 13.2 Å². The summed E-state index contributed by atoms with van der Waals surface area (Å²) in [7, 11) is 0. The van der Waals surface area contributed by atoms with Crippen molar-refractivity contribution in [3.63, 3.8) is 0 Å². The van der Waals surface area contributed by atoms with Crippen LogP contribution in [0.4, 0.5) is 0 Å². The smallest absolute Gasteiger partial charge is 0.306 e. The van der Waals surface area contributed by atoms with E-state index in [1.807, 2.05) is 0 Å². The first-order chi connectivity index (χ1) is 27.0. The predicted octanol–water partition coefficient (Wildman–Crippen LogP) is 14.5. The summed E-state index contributed by atoms with van der Waals surface area (Å²) in [6, 6.07) is 0. The minimum Gasteiger partial charge on any atom is -0.462 e. The molecule has 0 saturated carbocycles. The number of hydrogen-bond donors (Lipinski definition) is 0. The highest BCUT2D eigenvalue weighted by Crippen LogP contribution is 2.13. The average Bonchev–Trinajstić information content (AvgIpc) is 3.18. The van der Waals surface area contributed by atoms with Crippen LogP contribution in [0.15, 0.2) is 60.8 Å². The number of esters is 3. The molecular formula is C49H84O6. The van der Waals surface area contributed by atoms with Gasteiger partial charge in [0.25, 0.3) is 0 Å². The van der Waals surface area contributed by atoms with Gasteiger partial charge < -0.3 is 14.2 Å². The van der Waals surface area contributed by atoms with Gasteiger partial charge in [0.1, 0.15) is 13.2 Å². The Morgan fingerprint density at radius 1 is 0.382 bits per heavy atom. The van der Waals surface area contributed by atoms with E-state index in [1.54, 1.807) is 0 Å². The highest BCUT2D eigenvalue weighted by atomic mass is 16.6.